The first-order valence-corrected chi connectivity index (χ1v) is 19.5. The molecule has 15 heteroatoms. The molecular weight excluding hydrogens is 672 g/mol. The van der Waals surface area contributed by atoms with E-state index in [0.717, 1.165) is 55.3 Å². The molecule has 0 atom stereocenters. The van der Waals surface area contributed by atoms with Gasteiger partial charge in [0.25, 0.3) is 10.0 Å². The number of anilines is 2. The molecule has 3 aliphatic carbocycles. The molecule has 0 unspecified atom stereocenters. The number of rotatable bonds is 8. The van der Waals surface area contributed by atoms with Crippen LogP contribution in [0.15, 0.2) is 53.6 Å². The summed E-state index contributed by atoms with van der Waals surface area (Å²) in [6.45, 7) is 0. The molecule has 9 nitrogen and oxygen atoms in total. The monoisotopic (exact) mass is 701 g/mol. The third-order valence-corrected chi connectivity index (χ3v) is 15.0. The minimum atomic E-state index is -4.82. The van der Waals surface area contributed by atoms with Crippen molar-refractivity contribution in [2.45, 2.75) is 61.3 Å². The number of hydrogen-bond donors (Lipinski definition) is 2. The van der Waals surface area contributed by atoms with Gasteiger partial charge in [0, 0.05) is 28.6 Å². The molecule has 4 aliphatic rings. The Morgan fingerprint density at radius 2 is 1.62 bits per heavy atom. The lowest BCUT2D eigenvalue weighted by Crippen LogP contribution is -2.60. The van der Waals surface area contributed by atoms with Crippen LogP contribution in [0, 0.1) is 28.8 Å². The fraction of sp³-hybridized carbons (Fsp3) is 0.406. The number of benzene rings is 2. The van der Waals surface area contributed by atoms with Gasteiger partial charge in [-0.2, -0.15) is 0 Å². The molecule has 2 aromatic heterocycles. The Hall–Kier alpha value is -3.56. The Morgan fingerprint density at radius 3 is 2.28 bits per heavy atom. The number of thiazole rings is 1. The molecule has 246 valence electrons. The van der Waals surface area contributed by atoms with Crippen molar-refractivity contribution >= 4 is 42.8 Å². The summed E-state index contributed by atoms with van der Waals surface area (Å²) in [7, 11) is -7.75. The first-order valence-electron chi connectivity index (χ1n) is 15.4. The highest BCUT2D eigenvalue weighted by Crippen LogP contribution is 2.57. The maximum atomic E-state index is 16.3. The molecule has 47 heavy (non-hydrogen) atoms. The average molecular weight is 702 g/mol. The second kappa shape index (κ2) is 10.7. The standard InChI is InChI=1S/C32H30F3N5O4S3/c33-21-4-2-5-22(34)28(21)47(43,44)40-23-6-1-3-20(25(23)35)26-27(45-29(39-26)32-10-7-18(13-32)8-11-32)24-9-12-36-30(38-24)37-19-14-31(15-19)16-46(41,42)17-31/h1-6,9,12,18-19,40H,7-8,10-11,13-17H2,(H,36,37,38). The summed E-state index contributed by atoms with van der Waals surface area (Å²) in [5, 5.41) is 4.19. The number of nitrogens with zero attached hydrogens (tertiary/aromatic N) is 3. The largest absolute Gasteiger partial charge is 0.351 e. The summed E-state index contributed by atoms with van der Waals surface area (Å²) in [6, 6.07) is 8.55. The van der Waals surface area contributed by atoms with E-state index in [1.165, 1.54) is 29.5 Å². The van der Waals surface area contributed by atoms with Crippen LogP contribution in [0.25, 0.3) is 21.8 Å². The van der Waals surface area contributed by atoms with Crippen LogP contribution in [0.2, 0.25) is 0 Å². The molecule has 2 aromatic carbocycles. The van der Waals surface area contributed by atoms with Crippen LogP contribution in [-0.4, -0.2) is 49.3 Å². The number of fused-ring (bicyclic) bond motifs is 2. The third kappa shape index (κ3) is 5.30. The van der Waals surface area contributed by atoms with Crippen molar-refractivity contribution in [1.29, 1.82) is 0 Å². The Kier molecular flexibility index (Phi) is 7.02. The van der Waals surface area contributed by atoms with E-state index in [1.807, 2.05) is 4.72 Å². The summed E-state index contributed by atoms with van der Waals surface area (Å²) in [5.41, 5.74) is 0.0584. The van der Waals surface area contributed by atoms with Crippen molar-refractivity contribution in [2.24, 2.45) is 11.3 Å². The molecule has 1 spiro atoms. The summed E-state index contributed by atoms with van der Waals surface area (Å²) in [4.78, 5) is 13.5. The van der Waals surface area contributed by atoms with Gasteiger partial charge < -0.3 is 5.32 Å². The van der Waals surface area contributed by atoms with Crippen molar-refractivity contribution in [3.05, 3.63) is 71.1 Å². The van der Waals surface area contributed by atoms with Gasteiger partial charge in [-0.25, -0.2) is 45.0 Å². The molecule has 1 aliphatic heterocycles. The molecule has 8 rings (SSSR count). The average Bonchev–Trinajstić information content (AvgIpc) is 3.72. The van der Waals surface area contributed by atoms with E-state index in [-0.39, 0.29) is 39.6 Å². The maximum absolute atomic E-state index is 16.3. The van der Waals surface area contributed by atoms with Crippen LogP contribution in [-0.2, 0) is 25.3 Å². The molecule has 0 amide bonds. The van der Waals surface area contributed by atoms with Crippen molar-refractivity contribution in [3.63, 3.8) is 0 Å². The smallest absolute Gasteiger partial charge is 0.267 e. The first kappa shape index (κ1) is 30.8. The van der Waals surface area contributed by atoms with Gasteiger partial charge >= 0.3 is 0 Å². The molecular formula is C32H30F3N5O4S3. The quantitative estimate of drug-likeness (QED) is 0.219. The summed E-state index contributed by atoms with van der Waals surface area (Å²) >= 11 is 1.44. The minimum Gasteiger partial charge on any atom is -0.351 e. The van der Waals surface area contributed by atoms with Crippen molar-refractivity contribution in [3.8, 4) is 21.8 Å². The SMILES string of the molecule is O=S1(=O)CC2(CC(Nc3nccc(-c4sc(C56CCC(CC5)C6)nc4-c4cccc(NS(=O)(=O)c5c(F)cccc5F)c4F)n3)C2)C1. The van der Waals surface area contributed by atoms with Crippen LogP contribution in [0.4, 0.5) is 24.8 Å². The molecule has 2 N–H and O–H groups in total. The fourth-order valence-corrected chi connectivity index (χ4v) is 12.8. The molecule has 0 radical (unpaired) electrons. The van der Waals surface area contributed by atoms with E-state index >= 15 is 4.39 Å². The zero-order valence-corrected chi connectivity index (χ0v) is 27.4. The fourth-order valence-electron chi connectivity index (χ4n) is 8.08. The second-order valence-corrected chi connectivity index (χ2v) is 18.2. The topological polar surface area (TPSA) is 131 Å². The number of nitrogens with one attached hydrogen (secondary N) is 2. The van der Waals surface area contributed by atoms with Gasteiger partial charge in [0.15, 0.2) is 20.5 Å². The van der Waals surface area contributed by atoms with E-state index < -0.39 is 47.9 Å². The zero-order valence-electron chi connectivity index (χ0n) is 25.0. The van der Waals surface area contributed by atoms with Gasteiger partial charge in [-0.05, 0) is 81.2 Å². The van der Waals surface area contributed by atoms with Crippen LogP contribution >= 0.6 is 11.3 Å². The summed E-state index contributed by atoms with van der Waals surface area (Å²) < 4.78 is 96.6. The lowest BCUT2D eigenvalue weighted by atomic mass is 9.67. The van der Waals surface area contributed by atoms with Gasteiger partial charge in [-0.3, -0.25) is 4.72 Å². The molecule has 1 saturated heterocycles. The normalized spacial score (nSPS) is 24.2. The van der Waals surface area contributed by atoms with Crippen molar-refractivity contribution in [1.82, 2.24) is 15.0 Å². The lowest BCUT2D eigenvalue weighted by molar-refractivity contribution is 0.153. The van der Waals surface area contributed by atoms with E-state index in [9.17, 15) is 25.6 Å². The van der Waals surface area contributed by atoms with Gasteiger partial charge in [-0.15, -0.1) is 11.3 Å². The minimum absolute atomic E-state index is 0.0147. The third-order valence-electron chi connectivity index (χ3n) is 10.1. The van der Waals surface area contributed by atoms with Gasteiger partial charge in [-0.1, -0.05) is 12.1 Å². The molecule has 2 bridgehead atoms. The number of sulfonamides is 1. The molecule has 4 aromatic rings. The molecule has 3 saturated carbocycles. The van der Waals surface area contributed by atoms with Gasteiger partial charge in [0.2, 0.25) is 5.95 Å². The molecule has 3 heterocycles. The van der Waals surface area contributed by atoms with Gasteiger partial charge in [0.05, 0.1) is 33.5 Å². The zero-order chi connectivity index (χ0) is 32.8. The Morgan fingerprint density at radius 1 is 0.915 bits per heavy atom. The number of sulfone groups is 1. The number of halogens is 3. The van der Waals surface area contributed by atoms with Crippen LogP contribution in [0.5, 0.6) is 0 Å². The highest BCUT2D eigenvalue weighted by Gasteiger charge is 2.56. The summed E-state index contributed by atoms with van der Waals surface area (Å²) in [5.74, 6) is -2.12. The van der Waals surface area contributed by atoms with Crippen molar-refractivity contribution < 1.29 is 30.0 Å². The van der Waals surface area contributed by atoms with E-state index in [4.69, 9.17) is 9.97 Å². The predicted molar refractivity (Wildman–Crippen MR) is 172 cm³/mol. The number of hydrogen-bond acceptors (Lipinski definition) is 9. The van der Waals surface area contributed by atoms with Crippen LogP contribution < -0.4 is 10.0 Å². The first-order chi connectivity index (χ1) is 22.3. The number of aromatic nitrogens is 3. The Labute approximate surface area is 274 Å². The van der Waals surface area contributed by atoms with Crippen LogP contribution in [0.3, 0.4) is 0 Å². The highest BCUT2D eigenvalue weighted by atomic mass is 32.2. The second-order valence-electron chi connectivity index (χ2n) is 13.5. The van der Waals surface area contributed by atoms with Crippen LogP contribution in [0.1, 0.15) is 50.0 Å². The van der Waals surface area contributed by atoms with E-state index in [2.05, 4.69) is 10.3 Å². The van der Waals surface area contributed by atoms with Gasteiger partial charge in [0.1, 0.15) is 16.6 Å². The Bertz CT molecular complexity index is 2110. The van der Waals surface area contributed by atoms with E-state index in [0.29, 0.717) is 35.3 Å². The Balaban J connectivity index is 1.15. The molecule has 4 fully saturated rings. The predicted octanol–water partition coefficient (Wildman–Crippen LogP) is 6.31. The van der Waals surface area contributed by atoms with Crippen molar-refractivity contribution in [2.75, 3.05) is 21.5 Å². The lowest BCUT2D eigenvalue weighted by Gasteiger charge is -2.53. The highest BCUT2D eigenvalue weighted by molar-refractivity contribution is 7.93. The summed E-state index contributed by atoms with van der Waals surface area (Å²) in [6.07, 6.45) is 8.20. The maximum Gasteiger partial charge on any atom is 0.267 e. The van der Waals surface area contributed by atoms with E-state index in [1.54, 1.807) is 12.3 Å².